The number of para-hydroxylation sites is 1. The molecule has 3 rings (SSSR count). The number of imidazole rings is 1. The molecule has 0 aliphatic rings. The molecule has 0 fully saturated rings. The summed E-state index contributed by atoms with van der Waals surface area (Å²) in [7, 11) is 0. The Bertz CT molecular complexity index is 899. The second-order valence-corrected chi connectivity index (χ2v) is 5.70. The third-order valence-electron chi connectivity index (χ3n) is 4.00. The van der Waals surface area contributed by atoms with Gasteiger partial charge in [-0.05, 0) is 56.2 Å². The van der Waals surface area contributed by atoms with Gasteiger partial charge in [-0.3, -0.25) is 4.79 Å². The van der Waals surface area contributed by atoms with E-state index in [4.69, 9.17) is 0 Å². The van der Waals surface area contributed by atoms with Gasteiger partial charge in [-0.1, -0.05) is 12.1 Å². The van der Waals surface area contributed by atoms with Gasteiger partial charge < -0.3 is 9.88 Å². The standard InChI is InChI=1S/C18H18FN3O/c1-11-8-16-17(9-12(11)2)22(13(3)20-16)10-18(23)21-15-7-5-4-6-14(15)19/h4-9H,10H2,1-3H3,(H,21,23). The Kier molecular flexibility index (Phi) is 3.86. The number of nitrogens with zero attached hydrogens (tertiary/aromatic N) is 2. The van der Waals surface area contributed by atoms with Gasteiger partial charge in [0.2, 0.25) is 5.91 Å². The van der Waals surface area contributed by atoms with Crippen molar-refractivity contribution in [1.29, 1.82) is 0 Å². The van der Waals surface area contributed by atoms with E-state index in [1.165, 1.54) is 6.07 Å². The third kappa shape index (κ3) is 2.95. The van der Waals surface area contributed by atoms with Crippen LogP contribution in [0.25, 0.3) is 11.0 Å². The average Bonchev–Trinajstić information content (AvgIpc) is 2.78. The number of fused-ring (bicyclic) bond motifs is 1. The van der Waals surface area contributed by atoms with Crippen LogP contribution in [0.5, 0.6) is 0 Å². The van der Waals surface area contributed by atoms with Crippen molar-refractivity contribution in [2.45, 2.75) is 27.3 Å². The fraction of sp³-hybridized carbons (Fsp3) is 0.222. The Labute approximate surface area is 134 Å². The molecule has 118 valence electrons. The molecule has 3 aromatic rings. The molecule has 5 heteroatoms. The van der Waals surface area contributed by atoms with Gasteiger partial charge in [0.1, 0.15) is 18.2 Å². The van der Waals surface area contributed by atoms with Crippen LogP contribution < -0.4 is 5.32 Å². The molecule has 1 heterocycles. The second kappa shape index (κ2) is 5.83. The molecule has 0 aliphatic carbocycles. The van der Waals surface area contributed by atoms with Crippen LogP contribution in [0, 0.1) is 26.6 Å². The molecule has 0 saturated heterocycles. The summed E-state index contributed by atoms with van der Waals surface area (Å²) < 4.78 is 15.5. The Morgan fingerprint density at radius 2 is 1.87 bits per heavy atom. The van der Waals surface area contributed by atoms with Gasteiger partial charge >= 0.3 is 0 Å². The number of hydrogen-bond donors (Lipinski definition) is 1. The van der Waals surface area contributed by atoms with E-state index >= 15 is 0 Å². The highest BCUT2D eigenvalue weighted by Crippen LogP contribution is 2.21. The van der Waals surface area contributed by atoms with Crippen LogP contribution in [0.2, 0.25) is 0 Å². The highest BCUT2D eigenvalue weighted by Gasteiger charge is 2.13. The lowest BCUT2D eigenvalue weighted by atomic mass is 10.1. The summed E-state index contributed by atoms with van der Waals surface area (Å²) in [5.41, 5.74) is 4.27. The molecule has 0 radical (unpaired) electrons. The number of benzene rings is 2. The summed E-state index contributed by atoms with van der Waals surface area (Å²) in [6, 6.07) is 10.2. The summed E-state index contributed by atoms with van der Waals surface area (Å²) in [4.78, 5) is 16.8. The molecule has 0 atom stereocenters. The first-order chi connectivity index (χ1) is 11.0. The van der Waals surface area contributed by atoms with Gasteiger partial charge in [0, 0.05) is 0 Å². The monoisotopic (exact) mass is 311 g/mol. The quantitative estimate of drug-likeness (QED) is 0.801. The number of aryl methyl sites for hydroxylation is 3. The number of nitrogens with one attached hydrogen (secondary N) is 1. The van der Waals surface area contributed by atoms with Crippen LogP contribution in [0.15, 0.2) is 36.4 Å². The summed E-state index contributed by atoms with van der Waals surface area (Å²) in [6.07, 6.45) is 0. The number of anilines is 1. The van der Waals surface area contributed by atoms with E-state index in [0.29, 0.717) is 0 Å². The first-order valence-electron chi connectivity index (χ1n) is 7.44. The fourth-order valence-corrected chi connectivity index (χ4v) is 2.60. The van der Waals surface area contributed by atoms with Crippen LogP contribution in [-0.4, -0.2) is 15.5 Å². The first-order valence-corrected chi connectivity index (χ1v) is 7.44. The number of hydrogen-bond acceptors (Lipinski definition) is 2. The highest BCUT2D eigenvalue weighted by atomic mass is 19.1. The minimum atomic E-state index is -0.445. The Morgan fingerprint density at radius 3 is 2.61 bits per heavy atom. The molecule has 2 aromatic carbocycles. The molecular formula is C18H18FN3O. The second-order valence-electron chi connectivity index (χ2n) is 5.70. The maximum absolute atomic E-state index is 13.6. The van der Waals surface area contributed by atoms with Crippen molar-refractivity contribution in [3.8, 4) is 0 Å². The first kappa shape index (κ1) is 15.2. The molecular weight excluding hydrogens is 293 g/mol. The number of carbonyl (C=O) groups excluding carboxylic acids is 1. The minimum Gasteiger partial charge on any atom is -0.322 e. The Morgan fingerprint density at radius 1 is 1.17 bits per heavy atom. The number of carbonyl (C=O) groups is 1. The zero-order valence-electron chi connectivity index (χ0n) is 13.4. The van der Waals surface area contributed by atoms with E-state index < -0.39 is 5.82 Å². The molecule has 0 saturated carbocycles. The van der Waals surface area contributed by atoms with E-state index in [1.54, 1.807) is 18.2 Å². The van der Waals surface area contributed by atoms with Crippen LogP contribution in [0.3, 0.4) is 0 Å². The summed E-state index contributed by atoms with van der Waals surface area (Å²) >= 11 is 0. The van der Waals surface area contributed by atoms with E-state index in [9.17, 15) is 9.18 Å². The molecule has 0 bridgehead atoms. The third-order valence-corrected chi connectivity index (χ3v) is 4.00. The van der Waals surface area contributed by atoms with E-state index in [-0.39, 0.29) is 18.1 Å². The largest absolute Gasteiger partial charge is 0.322 e. The van der Waals surface area contributed by atoms with Crippen molar-refractivity contribution in [1.82, 2.24) is 9.55 Å². The maximum atomic E-state index is 13.6. The van der Waals surface area contributed by atoms with Gasteiger partial charge in [0.15, 0.2) is 0 Å². The van der Waals surface area contributed by atoms with Crippen molar-refractivity contribution in [3.05, 3.63) is 59.2 Å². The number of rotatable bonds is 3. The normalized spacial score (nSPS) is 11.0. The average molecular weight is 311 g/mol. The summed E-state index contributed by atoms with van der Waals surface area (Å²) in [5, 5.41) is 2.60. The highest BCUT2D eigenvalue weighted by molar-refractivity contribution is 5.92. The zero-order valence-corrected chi connectivity index (χ0v) is 13.4. The zero-order chi connectivity index (χ0) is 16.6. The predicted octanol–water partition coefficient (Wildman–Crippen LogP) is 3.74. The number of aromatic nitrogens is 2. The number of halogens is 1. The molecule has 1 aromatic heterocycles. The van der Waals surface area contributed by atoms with Crippen molar-refractivity contribution >= 4 is 22.6 Å². The SMILES string of the molecule is Cc1cc2nc(C)n(CC(=O)Nc3ccccc3F)c2cc1C. The molecule has 0 unspecified atom stereocenters. The van der Waals surface area contributed by atoms with Crippen LogP contribution >= 0.6 is 0 Å². The van der Waals surface area contributed by atoms with Gasteiger partial charge in [-0.2, -0.15) is 0 Å². The van der Waals surface area contributed by atoms with Gasteiger partial charge in [0.05, 0.1) is 16.7 Å². The topological polar surface area (TPSA) is 46.9 Å². The van der Waals surface area contributed by atoms with Crippen molar-refractivity contribution in [3.63, 3.8) is 0 Å². The lowest BCUT2D eigenvalue weighted by molar-refractivity contribution is -0.116. The van der Waals surface area contributed by atoms with Crippen LogP contribution in [0.4, 0.5) is 10.1 Å². The fourth-order valence-electron chi connectivity index (χ4n) is 2.60. The van der Waals surface area contributed by atoms with Gasteiger partial charge in [-0.25, -0.2) is 9.37 Å². The van der Waals surface area contributed by atoms with E-state index in [1.807, 2.05) is 37.5 Å². The van der Waals surface area contributed by atoms with E-state index in [2.05, 4.69) is 10.3 Å². The van der Waals surface area contributed by atoms with Crippen molar-refractivity contribution in [2.75, 3.05) is 5.32 Å². The molecule has 23 heavy (non-hydrogen) atoms. The van der Waals surface area contributed by atoms with Crippen LogP contribution in [0.1, 0.15) is 17.0 Å². The van der Waals surface area contributed by atoms with Crippen LogP contribution in [-0.2, 0) is 11.3 Å². The summed E-state index contributed by atoms with van der Waals surface area (Å²) in [6.45, 7) is 6.02. The predicted molar refractivity (Wildman–Crippen MR) is 89.0 cm³/mol. The lowest BCUT2D eigenvalue weighted by Gasteiger charge is -2.09. The summed E-state index contributed by atoms with van der Waals surface area (Å²) in [5.74, 6) is 0.0314. The minimum absolute atomic E-state index is 0.0964. The lowest BCUT2D eigenvalue weighted by Crippen LogP contribution is -2.20. The van der Waals surface area contributed by atoms with E-state index in [0.717, 1.165) is 28.0 Å². The molecule has 1 N–H and O–H groups in total. The van der Waals surface area contributed by atoms with Gasteiger partial charge in [0.25, 0.3) is 0 Å². The maximum Gasteiger partial charge on any atom is 0.244 e. The number of amides is 1. The molecule has 0 spiro atoms. The molecule has 1 amide bonds. The molecule has 4 nitrogen and oxygen atoms in total. The Balaban J connectivity index is 1.89. The van der Waals surface area contributed by atoms with Gasteiger partial charge in [-0.15, -0.1) is 0 Å². The van der Waals surface area contributed by atoms with Crippen molar-refractivity contribution in [2.24, 2.45) is 0 Å². The smallest absolute Gasteiger partial charge is 0.244 e. The Hall–Kier alpha value is -2.69. The molecule has 0 aliphatic heterocycles. The van der Waals surface area contributed by atoms with Crippen molar-refractivity contribution < 1.29 is 9.18 Å².